The molecule has 0 bridgehead atoms. The van der Waals surface area contributed by atoms with E-state index in [0.29, 0.717) is 35.2 Å². The zero-order valence-electron chi connectivity index (χ0n) is 19.0. The van der Waals surface area contributed by atoms with Crippen LogP contribution in [0.15, 0.2) is 54.6 Å². The molecule has 7 nitrogen and oxygen atoms in total. The lowest BCUT2D eigenvalue weighted by atomic mass is 10.0. The van der Waals surface area contributed by atoms with Crippen LogP contribution in [0.1, 0.15) is 39.3 Å². The quantitative estimate of drug-likeness (QED) is 0.285. The lowest BCUT2D eigenvalue weighted by Gasteiger charge is -2.33. The molecule has 2 heterocycles. The van der Waals surface area contributed by atoms with Gasteiger partial charge in [-0.2, -0.15) is 0 Å². The first-order valence-corrected chi connectivity index (χ1v) is 11.7. The molecule has 0 amide bonds. The average molecular weight is 581 g/mol. The van der Waals surface area contributed by atoms with Crippen LogP contribution in [0.5, 0.6) is 10.8 Å². The Morgan fingerprint density at radius 1 is 1.06 bits per heavy atom. The molecule has 0 unspecified atom stereocenters. The molecule has 3 aromatic rings. The third kappa shape index (κ3) is 6.10. The highest BCUT2D eigenvalue weighted by Crippen LogP contribution is 2.38. The van der Waals surface area contributed by atoms with Crippen LogP contribution in [-0.2, 0) is 27.3 Å². The molecular formula is C25H23BrClNO6S. The molecular weight excluding hydrogens is 558 g/mol. The number of thiophene rings is 1. The number of hydrogen-bond donors (Lipinski definition) is 0. The second-order valence-electron chi connectivity index (χ2n) is 7.66. The number of rotatable bonds is 6. The molecule has 0 aliphatic carbocycles. The van der Waals surface area contributed by atoms with Crippen LogP contribution >= 0.6 is 39.9 Å². The number of benzene rings is 2. The number of hydrogen-bond acceptors (Lipinski definition) is 8. The molecule has 0 N–H and O–H groups in total. The molecule has 10 heteroatoms. The average Bonchev–Trinajstić information content (AvgIpc) is 3.21. The summed E-state index contributed by atoms with van der Waals surface area (Å²) in [5.74, 6) is -1.38. The van der Waals surface area contributed by atoms with Crippen molar-refractivity contribution in [2.45, 2.75) is 25.9 Å². The Labute approximate surface area is 222 Å². The number of methoxy groups -OCH3 is 1. The molecule has 0 fully saturated rings. The summed E-state index contributed by atoms with van der Waals surface area (Å²) in [6.45, 7) is 2.35. The summed E-state index contributed by atoms with van der Waals surface area (Å²) >= 11 is 7.77. The molecule has 1 atom stereocenters. The largest absolute Gasteiger partial charge is 0.468 e. The Kier molecular flexibility index (Phi) is 9.07. The number of carbonyl (C=O) groups is 3. The summed E-state index contributed by atoms with van der Waals surface area (Å²) in [6.07, 6.45) is 0.680. The smallest absolute Gasteiger partial charge is 0.348 e. The van der Waals surface area contributed by atoms with Gasteiger partial charge in [-0.1, -0.05) is 41.9 Å². The Morgan fingerprint density at radius 2 is 1.77 bits per heavy atom. The summed E-state index contributed by atoms with van der Waals surface area (Å²) in [7, 11) is 1.36. The zero-order chi connectivity index (χ0) is 24.2. The lowest BCUT2D eigenvalue weighted by Crippen LogP contribution is -2.38. The minimum atomic E-state index is -0.645. The molecule has 35 heavy (non-hydrogen) atoms. The number of carbonyl (C=O) groups excluding carboxylic acids is 3. The third-order valence-corrected chi connectivity index (χ3v) is 6.88. The van der Waals surface area contributed by atoms with Crippen LogP contribution in [0.4, 0.5) is 0 Å². The summed E-state index contributed by atoms with van der Waals surface area (Å²) in [4.78, 5) is 39.8. The van der Waals surface area contributed by atoms with E-state index < -0.39 is 18.0 Å². The molecule has 184 valence electrons. The predicted octanol–water partition coefficient (Wildman–Crippen LogP) is 5.40. The van der Waals surface area contributed by atoms with E-state index in [9.17, 15) is 14.4 Å². The minimum absolute atomic E-state index is 0. The SMILES string of the molecule is Br.COC(=O)[C@H](c1ccccc1Cl)N1CCc2sc(OC(=O)c3ccccc3OC(C)=O)cc2C1. The van der Waals surface area contributed by atoms with Gasteiger partial charge in [-0.3, -0.25) is 9.69 Å². The van der Waals surface area contributed by atoms with Gasteiger partial charge in [-0.05, 0) is 41.8 Å². The molecule has 0 radical (unpaired) electrons. The maximum Gasteiger partial charge on any atom is 0.348 e. The maximum absolute atomic E-state index is 12.8. The van der Waals surface area contributed by atoms with E-state index in [1.54, 1.807) is 30.3 Å². The summed E-state index contributed by atoms with van der Waals surface area (Å²) < 4.78 is 15.8. The van der Waals surface area contributed by atoms with Crippen LogP contribution in [0, 0.1) is 0 Å². The first-order valence-electron chi connectivity index (χ1n) is 10.5. The summed E-state index contributed by atoms with van der Waals surface area (Å²) in [6, 6.07) is 14.8. The van der Waals surface area contributed by atoms with Crippen LogP contribution < -0.4 is 9.47 Å². The number of para-hydroxylation sites is 1. The molecule has 4 rings (SSSR count). The van der Waals surface area contributed by atoms with Gasteiger partial charge < -0.3 is 14.2 Å². The molecule has 2 aromatic carbocycles. The standard InChI is InChI=1S/C25H22ClNO6S.BrH/c1-15(28)32-20-10-6-4-8-18(20)24(29)33-22-13-16-14-27(12-11-21(16)34-22)23(25(30)31-2)17-7-3-5-9-19(17)26;/h3-10,13,23H,11-12,14H2,1-2H3;1H/t23-;/m0./s1. The van der Waals surface area contributed by atoms with Gasteiger partial charge in [0.05, 0.1) is 7.11 Å². The van der Waals surface area contributed by atoms with E-state index in [1.165, 1.54) is 31.4 Å². The fraction of sp³-hybridized carbons (Fsp3) is 0.240. The fourth-order valence-corrected chi connectivity index (χ4v) is 5.15. The van der Waals surface area contributed by atoms with Crippen LogP contribution in [0.3, 0.4) is 0 Å². The second-order valence-corrected chi connectivity index (χ2v) is 9.17. The normalized spacial score (nSPS) is 13.7. The maximum atomic E-state index is 12.8. The van der Waals surface area contributed by atoms with Gasteiger partial charge in [0.1, 0.15) is 17.4 Å². The fourth-order valence-electron chi connectivity index (χ4n) is 3.90. The number of esters is 3. The van der Waals surface area contributed by atoms with E-state index in [-0.39, 0.29) is 34.3 Å². The summed E-state index contributed by atoms with van der Waals surface area (Å²) in [5.41, 5.74) is 1.81. The van der Waals surface area contributed by atoms with E-state index in [2.05, 4.69) is 0 Å². The van der Waals surface area contributed by atoms with Gasteiger partial charge in [0.2, 0.25) is 0 Å². The van der Waals surface area contributed by atoms with E-state index >= 15 is 0 Å². The Balaban J connectivity index is 0.00000342. The molecule has 1 aliphatic heterocycles. The van der Waals surface area contributed by atoms with Crippen molar-refractivity contribution < 1.29 is 28.6 Å². The third-order valence-electron chi connectivity index (χ3n) is 5.42. The van der Waals surface area contributed by atoms with E-state index in [1.807, 2.05) is 23.1 Å². The van der Waals surface area contributed by atoms with Crippen molar-refractivity contribution in [1.29, 1.82) is 0 Å². The van der Waals surface area contributed by atoms with Crippen LogP contribution in [-0.4, -0.2) is 36.5 Å². The van der Waals surface area contributed by atoms with Crippen molar-refractivity contribution in [1.82, 2.24) is 4.90 Å². The van der Waals surface area contributed by atoms with Gasteiger partial charge in [-0.15, -0.1) is 28.3 Å². The van der Waals surface area contributed by atoms with Gasteiger partial charge in [0.15, 0.2) is 5.06 Å². The highest BCUT2D eigenvalue weighted by Gasteiger charge is 2.33. The zero-order valence-corrected chi connectivity index (χ0v) is 22.3. The van der Waals surface area contributed by atoms with Crippen molar-refractivity contribution in [2.24, 2.45) is 0 Å². The Bertz CT molecular complexity index is 1250. The topological polar surface area (TPSA) is 82.1 Å². The molecule has 1 aromatic heterocycles. The first-order chi connectivity index (χ1) is 16.4. The van der Waals surface area contributed by atoms with Crippen molar-refractivity contribution in [3.63, 3.8) is 0 Å². The number of fused-ring (bicyclic) bond motifs is 1. The van der Waals surface area contributed by atoms with E-state index in [4.69, 9.17) is 25.8 Å². The highest BCUT2D eigenvalue weighted by atomic mass is 79.9. The number of halogens is 2. The van der Waals surface area contributed by atoms with Gasteiger partial charge in [0, 0.05) is 29.9 Å². The van der Waals surface area contributed by atoms with Gasteiger partial charge >= 0.3 is 17.9 Å². The van der Waals surface area contributed by atoms with Gasteiger partial charge in [0.25, 0.3) is 0 Å². The summed E-state index contributed by atoms with van der Waals surface area (Å²) in [5, 5.41) is 0.928. The monoisotopic (exact) mass is 579 g/mol. The van der Waals surface area contributed by atoms with Crippen molar-refractivity contribution in [2.75, 3.05) is 13.7 Å². The molecule has 0 saturated heterocycles. The molecule has 0 saturated carbocycles. The van der Waals surface area contributed by atoms with Crippen LogP contribution in [0.25, 0.3) is 0 Å². The van der Waals surface area contributed by atoms with Crippen LogP contribution in [0.2, 0.25) is 5.02 Å². The van der Waals surface area contributed by atoms with Crippen molar-refractivity contribution in [3.8, 4) is 10.8 Å². The lowest BCUT2D eigenvalue weighted by molar-refractivity contribution is -0.147. The van der Waals surface area contributed by atoms with Crippen molar-refractivity contribution >= 4 is 57.8 Å². The first kappa shape index (κ1) is 26.9. The number of nitrogens with zero attached hydrogens (tertiary/aromatic N) is 1. The highest BCUT2D eigenvalue weighted by molar-refractivity contribution is 8.93. The second kappa shape index (κ2) is 11.8. The molecule has 1 aliphatic rings. The Hall–Kier alpha value is -2.72. The number of ether oxygens (including phenoxy) is 3. The molecule has 0 spiro atoms. The minimum Gasteiger partial charge on any atom is -0.468 e. The Morgan fingerprint density at radius 3 is 2.49 bits per heavy atom. The van der Waals surface area contributed by atoms with Gasteiger partial charge in [-0.25, -0.2) is 9.59 Å². The van der Waals surface area contributed by atoms with E-state index in [0.717, 1.165) is 10.4 Å². The van der Waals surface area contributed by atoms with Crippen molar-refractivity contribution in [3.05, 3.63) is 81.2 Å². The predicted molar refractivity (Wildman–Crippen MR) is 138 cm³/mol.